The van der Waals surface area contributed by atoms with Gasteiger partial charge in [0.1, 0.15) is 0 Å². The summed E-state index contributed by atoms with van der Waals surface area (Å²) in [4.78, 5) is 25.1. The summed E-state index contributed by atoms with van der Waals surface area (Å²) in [5.74, 6) is 0.156. The lowest BCUT2D eigenvalue weighted by Crippen LogP contribution is -2.21. The summed E-state index contributed by atoms with van der Waals surface area (Å²) >= 11 is 0. The molecule has 0 saturated heterocycles. The van der Waals surface area contributed by atoms with Gasteiger partial charge in [-0.2, -0.15) is 0 Å². The molecule has 0 amide bonds. The fourth-order valence-electron chi connectivity index (χ4n) is 2.81. The number of fused-ring (bicyclic) bond motifs is 2. The molecule has 3 rings (SSSR count). The highest BCUT2D eigenvalue weighted by molar-refractivity contribution is 6.28. The fourth-order valence-corrected chi connectivity index (χ4v) is 2.81. The molecule has 0 radical (unpaired) electrons. The molecule has 2 aromatic rings. The maximum Gasteiger partial charge on any atom is 0.194 e. The lowest BCUT2D eigenvalue weighted by atomic mass is 9.82. The summed E-state index contributed by atoms with van der Waals surface area (Å²) in [6.07, 6.45) is 2.71. The van der Waals surface area contributed by atoms with E-state index in [4.69, 9.17) is 0 Å². The van der Waals surface area contributed by atoms with Crippen molar-refractivity contribution in [2.75, 3.05) is 0 Å². The first-order chi connectivity index (χ1) is 10.1. The van der Waals surface area contributed by atoms with Gasteiger partial charge in [0.2, 0.25) is 0 Å². The topological polar surface area (TPSA) is 34.1 Å². The summed E-state index contributed by atoms with van der Waals surface area (Å²) < 4.78 is 0. The number of rotatable bonds is 3. The van der Waals surface area contributed by atoms with Gasteiger partial charge in [-0.05, 0) is 24.0 Å². The Morgan fingerprint density at radius 2 is 1.52 bits per heavy atom. The molecule has 2 nitrogen and oxygen atoms in total. The van der Waals surface area contributed by atoms with Crippen molar-refractivity contribution in [3.8, 4) is 0 Å². The van der Waals surface area contributed by atoms with Gasteiger partial charge in [-0.25, -0.2) is 0 Å². The van der Waals surface area contributed by atoms with E-state index in [-0.39, 0.29) is 17.5 Å². The van der Waals surface area contributed by atoms with Crippen LogP contribution in [0.5, 0.6) is 0 Å². The van der Waals surface area contributed by atoms with Crippen LogP contribution in [0.4, 0.5) is 0 Å². The third-order valence-electron chi connectivity index (χ3n) is 4.04. The maximum atomic E-state index is 12.6. The van der Waals surface area contributed by atoms with Crippen LogP contribution in [-0.2, 0) is 0 Å². The van der Waals surface area contributed by atoms with E-state index in [2.05, 4.69) is 13.5 Å². The molecule has 0 aromatic heterocycles. The first-order valence-corrected chi connectivity index (χ1v) is 7.06. The fraction of sp³-hybridized carbons (Fsp3) is 0.158. The zero-order valence-corrected chi connectivity index (χ0v) is 11.9. The Kier molecular flexibility index (Phi) is 3.30. The lowest BCUT2D eigenvalue weighted by Gasteiger charge is -2.19. The van der Waals surface area contributed by atoms with Crippen molar-refractivity contribution >= 4 is 11.6 Å². The second-order valence-corrected chi connectivity index (χ2v) is 5.43. The molecule has 0 saturated carbocycles. The number of benzene rings is 2. The van der Waals surface area contributed by atoms with Gasteiger partial charge in [0, 0.05) is 22.3 Å². The predicted octanol–water partition coefficient (Wildman–Crippen LogP) is 4.14. The highest BCUT2D eigenvalue weighted by Crippen LogP contribution is 2.30. The van der Waals surface area contributed by atoms with Crippen LogP contribution in [0.1, 0.15) is 56.7 Å². The molecule has 1 unspecified atom stereocenters. The van der Waals surface area contributed by atoms with Crippen LogP contribution in [-0.4, -0.2) is 11.6 Å². The van der Waals surface area contributed by atoms with E-state index in [1.165, 1.54) is 0 Å². The van der Waals surface area contributed by atoms with Gasteiger partial charge in [-0.1, -0.05) is 49.4 Å². The molecule has 21 heavy (non-hydrogen) atoms. The van der Waals surface area contributed by atoms with Crippen molar-refractivity contribution in [2.45, 2.75) is 19.3 Å². The predicted molar refractivity (Wildman–Crippen MR) is 83.0 cm³/mol. The minimum atomic E-state index is -0.0666. The minimum absolute atomic E-state index is 0.0622. The van der Waals surface area contributed by atoms with Gasteiger partial charge in [-0.15, -0.1) is 6.58 Å². The standard InChI is InChI=1S/C19H16O2/c1-3-6-12(2)13-9-10-16-17(11-13)19(21)15-8-5-4-7-14(15)18(16)20/h3-5,7-12H,1,6H2,2H3. The molecular formula is C19H16O2. The Morgan fingerprint density at radius 3 is 2.14 bits per heavy atom. The monoisotopic (exact) mass is 276 g/mol. The van der Waals surface area contributed by atoms with Crippen molar-refractivity contribution in [3.05, 3.63) is 82.9 Å². The Hall–Kier alpha value is -2.48. The van der Waals surface area contributed by atoms with Crippen LogP contribution >= 0.6 is 0 Å². The van der Waals surface area contributed by atoms with Crippen LogP contribution in [0.25, 0.3) is 0 Å². The first-order valence-electron chi connectivity index (χ1n) is 7.06. The maximum absolute atomic E-state index is 12.6. The first kappa shape index (κ1) is 13.5. The van der Waals surface area contributed by atoms with Crippen LogP contribution in [0.15, 0.2) is 55.1 Å². The van der Waals surface area contributed by atoms with Gasteiger partial charge in [-0.3, -0.25) is 9.59 Å². The van der Waals surface area contributed by atoms with E-state index < -0.39 is 0 Å². The number of carbonyl (C=O) groups is 2. The van der Waals surface area contributed by atoms with Crippen molar-refractivity contribution in [1.29, 1.82) is 0 Å². The summed E-state index contributed by atoms with van der Waals surface area (Å²) in [5, 5.41) is 0. The average Bonchev–Trinajstić information content (AvgIpc) is 2.52. The van der Waals surface area contributed by atoms with Gasteiger partial charge in [0.25, 0.3) is 0 Å². The Labute approximate surface area is 124 Å². The molecule has 2 heteroatoms. The Bertz CT molecular complexity index is 756. The second kappa shape index (κ2) is 5.13. The Balaban J connectivity index is 2.13. The van der Waals surface area contributed by atoms with Gasteiger partial charge in [0.15, 0.2) is 11.6 Å². The summed E-state index contributed by atoms with van der Waals surface area (Å²) in [5.41, 5.74) is 3.10. The SMILES string of the molecule is C=CCC(C)c1ccc2c(c1)C(=O)c1ccccc1C2=O. The van der Waals surface area contributed by atoms with E-state index in [0.29, 0.717) is 22.3 Å². The molecule has 1 aliphatic carbocycles. The van der Waals surface area contributed by atoms with Gasteiger partial charge in [0.05, 0.1) is 0 Å². The van der Waals surface area contributed by atoms with Crippen LogP contribution in [0.3, 0.4) is 0 Å². The molecule has 0 spiro atoms. The molecule has 0 N–H and O–H groups in total. The quantitative estimate of drug-likeness (QED) is 0.674. The second-order valence-electron chi connectivity index (χ2n) is 5.43. The van der Waals surface area contributed by atoms with E-state index in [1.807, 2.05) is 18.2 Å². The largest absolute Gasteiger partial charge is 0.289 e. The summed E-state index contributed by atoms with van der Waals surface area (Å²) in [7, 11) is 0. The normalized spacial score (nSPS) is 14.3. The molecule has 1 atom stereocenters. The smallest absolute Gasteiger partial charge is 0.194 e. The van der Waals surface area contributed by atoms with Crippen molar-refractivity contribution in [3.63, 3.8) is 0 Å². The van der Waals surface area contributed by atoms with Crippen LogP contribution < -0.4 is 0 Å². The molecule has 0 aliphatic heterocycles. The number of ketones is 2. The zero-order valence-electron chi connectivity index (χ0n) is 11.9. The minimum Gasteiger partial charge on any atom is -0.289 e. The van der Waals surface area contributed by atoms with Crippen molar-refractivity contribution < 1.29 is 9.59 Å². The van der Waals surface area contributed by atoms with E-state index in [0.717, 1.165) is 12.0 Å². The molecule has 2 aromatic carbocycles. The third-order valence-corrected chi connectivity index (χ3v) is 4.04. The van der Waals surface area contributed by atoms with Crippen LogP contribution in [0, 0.1) is 0 Å². The van der Waals surface area contributed by atoms with Crippen LogP contribution in [0.2, 0.25) is 0 Å². The summed E-state index contributed by atoms with van der Waals surface area (Å²) in [6.45, 7) is 5.84. The van der Waals surface area contributed by atoms with E-state index in [9.17, 15) is 9.59 Å². The van der Waals surface area contributed by atoms with Gasteiger partial charge >= 0.3 is 0 Å². The van der Waals surface area contributed by atoms with E-state index in [1.54, 1.807) is 30.3 Å². The third kappa shape index (κ3) is 2.13. The number of hydrogen-bond acceptors (Lipinski definition) is 2. The average molecular weight is 276 g/mol. The van der Waals surface area contributed by atoms with E-state index >= 15 is 0 Å². The number of carbonyl (C=O) groups excluding carboxylic acids is 2. The highest BCUT2D eigenvalue weighted by atomic mass is 16.1. The van der Waals surface area contributed by atoms with Crippen molar-refractivity contribution in [1.82, 2.24) is 0 Å². The van der Waals surface area contributed by atoms with Gasteiger partial charge < -0.3 is 0 Å². The number of allylic oxidation sites excluding steroid dienone is 1. The molecule has 0 fully saturated rings. The highest BCUT2D eigenvalue weighted by Gasteiger charge is 2.29. The molecule has 0 bridgehead atoms. The Morgan fingerprint density at radius 1 is 0.952 bits per heavy atom. The van der Waals surface area contributed by atoms with Crippen molar-refractivity contribution in [2.24, 2.45) is 0 Å². The lowest BCUT2D eigenvalue weighted by molar-refractivity contribution is 0.0979. The number of hydrogen-bond donors (Lipinski definition) is 0. The molecule has 0 heterocycles. The zero-order chi connectivity index (χ0) is 15.0. The summed E-state index contributed by atoms with van der Waals surface area (Å²) in [6, 6.07) is 12.6. The molecule has 104 valence electrons. The molecular weight excluding hydrogens is 260 g/mol. The molecule has 1 aliphatic rings.